The molecule has 72 valence electrons. The minimum Gasteiger partial charge on any atom is -0.449 e. The molecule has 1 atom stereocenters. The summed E-state index contributed by atoms with van der Waals surface area (Å²) in [5, 5.41) is 0. The molecule has 0 heterocycles. The van der Waals surface area contributed by atoms with Gasteiger partial charge in [0.25, 0.3) is 0 Å². The Morgan fingerprint density at radius 1 is 1.33 bits per heavy atom. The minimum atomic E-state index is -0.675. The van der Waals surface area contributed by atoms with Crippen LogP contribution in [0, 0.1) is 11.8 Å². The predicted molar refractivity (Wildman–Crippen MR) is 48.8 cm³/mol. The van der Waals surface area contributed by atoms with Gasteiger partial charge in [-0.2, -0.15) is 0 Å². The van der Waals surface area contributed by atoms with Crippen molar-refractivity contribution in [1.82, 2.24) is 0 Å². The molecule has 0 aromatic rings. The van der Waals surface area contributed by atoms with Crippen molar-refractivity contribution in [1.29, 1.82) is 0 Å². The van der Waals surface area contributed by atoms with Crippen LogP contribution in [-0.2, 0) is 4.74 Å². The molecule has 1 unspecified atom stereocenters. The molecule has 0 bridgehead atoms. The molecule has 2 N–H and O–H groups in total. The fourth-order valence-corrected chi connectivity index (χ4v) is 0.926. The SMILES string of the molecule is CC(C)CCC(C)COC(N)=O. The molecule has 0 radical (unpaired) electrons. The lowest BCUT2D eigenvalue weighted by molar-refractivity contribution is 0.136. The second-order valence-electron chi connectivity index (χ2n) is 3.71. The maximum atomic E-state index is 10.2. The Balaban J connectivity index is 3.33. The quantitative estimate of drug-likeness (QED) is 0.692. The summed E-state index contributed by atoms with van der Waals surface area (Å²) < 4.78 is 4.67. The second kappa shape index (κ2) is 5.86. The van der Waals surface area contributed by atoms with Crippen molar-refractivity contribution in [3.8, 4) is 0 Å². The van der Waals surface area contributed by atoms with Gasteiger partial charge >= 0.3 is 6.09 Å². The largest absolute Gasteiger partial charge is 0.449 e. The highest BCUT2D eigenvalue weighted by Crippen LogP contribution is 2.11. The summed E-state index contributed by atoms with van der Waals surface area (Å²) in [7, 11) is 0. The Morgan fingerprint density at radius 3 is 2.33 bits per heavy atom. The summed E-state index contributed by atoms with van der Waals surface area (Å²) in [5.41, 5.74) is 4.84. The van der Waals surface area contributed by atoms with Crippen LogP contribution in [0.4, 0.5) is 4.79 Å². The van der Waals surface area contributed by atoms with Crippen LogP contribution in [0.2, 0.25) is 0 Å². The van der Waals surface area contributed by atoms with Crippen LogP contribution in [-0.4, -0.2) is 12.7 Å². The molecule has 0 aliphatic rings. The number of nitrogens with two attached hydrogens (primary N) is 1. The first kappa shape index (κ1) is 11.3. The third-order valence-corrected chi connectivity index (χ3v) is 1.75. The molecule has 1 amide bonds. The van der Waals surface area contributed by atoms with E-state index in [1.165, 1.54) is 6.42 Å². The molecular formula is C9H19NO2. The van der Waals surface area contributed by atoms with Crippen LogP contribution < -0.4 is 5.73 Å². The second-order valence-corrected chi connectivity index (χ2v) is 3.71. The normalized spacial score (nSPS) is 13.0. The van der Waals surface area contributed by atoms with E-state index in [2.05, 4.69) is 25.5 Å². The number of ether oxygens (including phenoxy) is 1. The number of hydrogen-bond acceptors (Lipinski definition) is 2. The van der Waals surface area contributed by atoms with Crippen molar-refractivity contribution < 1.29 is 9.53 Å². The molecule has 12 heavy (non-hydrogen) atoms. The highest BCUT2D eigenvalue weighted by Gasteiger charge is 2.05. The van der Waals surface area contributed by atoms with Gasteiger partial charge in [0.05, 0.1) is 6.61 Å². The van der Waals surface area contributed by atoms with Gasteiger partial charge < -0.3 is 10.5 Å². The van der Waals surface area contributed by atoms with E-state index >= 15 is 0 Å². The number of primary amides is 1. The number of amides is 1. The van der Waals surface area contributed by atoms with E-state index in [1.54, 1.807) is 0 Å². The van der Waals surface area contributed by atoms with E-state index in [0.29, 0.717) is 18.4 Å². The summed E-state index contributed by atoms with van der Waals surface area (Å²) >= 11 is 0. The van der Waals surface area contributed by atoms with E-state index < -0.39 is 6.09 Å². The van der Waals surface area contributed by atoms with Gasteiger partial charge in [-0.1, -0.05) is 27.2 Å². The third kappa shape index (κ3) is 7.38. The van der Waals surface area contributed by atoms with Crippen LogP contribution in [0.1, 0.15) is 33.6 Å². The van der Waals surface area contributed by atoms with Gasteiger partial charge in [-0.15, -0.1) is 0 Å². The zero-order valence-electron chi connectivity index (χ0n) is 8.17. The molecular weight excluding hydrogens is 154 g/mol. The van der Waals surface area contributed by atoms with Crippen LogP contribution in [0.3, 0.4) is 0 Å². The lowest BCUT2D eigenvalue weighted by Gasteiger charge is -2.11. The Bertz CT molecular complexity index is 134. The van der Waals surface area contributed by atoms with Crippen molar-refractivity contribution in [2.75, 3.05) is 6.61 Å². The Hall–Kier alpha value is -0.730. The molecule has 0 saturated heterocycles. The van der Waals surface area contributed by atoms with Crippen molar-refractivity contribution in [2.45, 2.75) is 33.6 Å². The molecule has 0 saturated carbocycles. The highest BCUT2D eigenvalue weighted by atomic mass is 16.5. The first-order valence-corrected chi connectivity index (χ1v) is 4.44. The molecule has 0 fully saturated rings. The van der Waals surface area contributed by atoms with Crippen LogP contribution in [0.15, 0.2) is 0 Å². The molecule has 0 aliphatic heterocycles. The Kier molecular flexibility index (Phi) is 5.51. The van der Waals surface area contributed by atoms with Crippen LogP contribution >= 0.6 is 0 Å². The summed E-state index contributed by atoms with van der Waals surface area (Å²) in [6, 6.07) is 0. The zero-order chi connectivity index (χ0) is 9.56. The first-order valence-electron chi connectivity index (χ1n) is 4.44. The average Bonchev–Trinajstić information content (AvgIpc) is 1.96. The Morgan fingerprint density at radius 2 is 1.92 bits per heavy atom. The van der Waals surface area contributed by atoms with Gasteiger partial charge in [0.2, 0.25) is 0 Å². The van der Waals surface area contributed by atoms with Crippen molar-refractivity contribution in [3.05, 3.63) is 0 Å². The van der Waals surface area contributed by atoms with Gasteiger partial charge in [0, 0.05) is 0 Å². The molecule has 3 nitrogen and oxygen atoms in total. The molecule has 0 aromatic heterocycles. The van der Waals surface area contributed by atoms with Crippen LogP contribution in [0.25, 0.3) is 0 Å². The maximum Gasteiger partial charge on any atom is 0.404 e. The van der Waals surface area contributed by atoms with Crippen molar-refractivity contribution in [3.63, 3.8) is 0 Å². The van der Waals surface area contributed by atoms with Crippen molar-refractivity contribution in [2.24, 2.45) is 17.6 Å². The van der Waals surface area contributed by atoms with E-state index in [4.69, 9.17) is 5.73 Å². The fraction of sp³-hybridized carbons (Fsp3) is 0.889. The third-order valence-electron chi connectivity index (χ3n) is 1.75. The number of carbonyl (C=O) groups excluding carboxylic acids is 1. The number of carbonyl (C=O) groups is 1. The lowest BCUT2D eigenvalue weighted by Crippen LogP contribution is -2.17. The minimum absolute atomic E-state index is 0.417. The van der Waals surface area contributed by atoms with Gasteiger partial charge in [0.1, 0.15) is 0 Å². The topological polar surface area (TPSA) is 52.3 Å². The molecule has 0 rings (SSSR count). The van der Waals surface area contributed by atoms with E-state index in [1.807, 2.05) is 0 Å². The highest BCUT2D eigenvalue weighted by molar-refractivity contribution is 5.64. The van der Waals surface area contributed by atoms with E-state index in [9.17, 15) is 4.79 Å². The molecule has 3 heteroatoms. The summed E-state index contributed by atoms with van der Waals surface area (Å²) in [4.78, 5) is 10.2. The van der Waals surface area contributed by atoms with Crippen molar-refractivity contribution >= 4 is 6.09 Å². The molecule has 0 spiro atoms. The maximum absolute atomic E-state index is 10.2. The Labute approximate surface area is 74.3 Å². The summed E-state index contributed by atoms with van der Waals surface area (Å²) in [6.45, 7) is 6.87. The lowest BCUT2D eigenvalue weighted by atomic mass is 10.0. The molecule has 0 aromatic carbocycles. The van der Waals surface area contributed by atoms with Gasteiger partial charge in [-0.25, -0.2) is 4.79 Å². The smallest absolute Gasteiger partial charge is 0.404 e. The predicted octanol–water partition coefficient (Wildman–Crippen LogP) is 2.15. The summed E-state index contributed by atoms with van der Waals surface area (Å²) in [6.07, 6.45) is 1.58. The average molecular weight is 173 g/mol. The van der Waals surface area contributed by atoms with Crippen LogP contribution in [0.5, 0.6) is 0 Å². The standard InChI is InChI=1S/C9H19NO2/c1-7(2)4-5-8(3)6-12-9(10)11/h7-8H,4-6H2,1-3H3,(H2,10,11). The monoisotopic (exact) mass is 173 g/mol. The number of rotatable bonds is 5. The van der Waals surface area contributed by atoms with Gasteiger partial charge in [-0.05, 0) is 18.3 Å². The van der Waals surface area contributed by atoms with Gasteiger partial charge in [-0.3, -0.25) is 0 Å². The van der Waals surface area contributed by atoms with E-state index in [0.717, 1.165) is 6.42 Å². The summed E-state index contributed by atoms with van der Waals surface area (Å²) in [5.74, 6) is 1.13. The zero-order valence-corrected chi connectivity index (χ0v) is 8.17. The number of hydrogen-bond donors (Lipinski definition) is 1. The molecule has 0 aliphatic carbocycles. The fourth-order valence-electron chi connectivity index (χ4n) is 0.926. The van der Waals surface area contributed by atoms with E-state index in [-0.39, 0.29) is 0 Å². The first-order chi connectivity index (χ1) is 5.52. The van der Waals surface area contributed by atoms with Gasteiger partial charge in [0.15, 0.2) is 0 Å².